The number of rotatable bonds is 6. The highest BCUT2D eigenvalue weighted by Crippen LogP contribution is 2.23. The van der Waals surface area contributed by atoms with Crippen molar-refractivity contribution in [1.82, 2.24) is 24.6 Å². The average molecular weight is 497 g/mol. The van der Waals surface area contributed by atoms with Crippen LogP contribution in [0.25, 0.3) is 11.5 Å². The second-order valence-corrected chi connectivity index (χ2v) is 9.21. The molecule has 2 aromatic carbocycles. The molecule has 1 aliphatic heterocycles. The largest absolute Gasteiger partial charge is 0.445 e. The number of hydrogen-bond acceptors (Lipinski definition) is 6. The van der Waals surface area contributed by atoms with Crippen molar-refractivity contribution >= 4 is 17.8 Å². The van der Waals surface area contributed by atoms with Gasteiger partial charge in [-0.05, 0) is 61.2 Å². The van der Waals surface area contributed by atoms with Crippen molar-refractivity contribution in [2.45, 2.75) is 39.5 Å². The molecule has 1 aliphatic rings. The Hall–Kier alpha value is -4.53. The molecule has 0 unspecified atom stereocenters. The fourth-order valence-corrected chi connectivity index (χ4v) is 4.29. The van der Waals surface area contributed by atoms with Crippen LogP contribution in [0.5, 0.6) is 0 Å². The van der Waals surface area contributed by atoms with E-state index in [0.29, 0.717) is 42.4 Å². The maximum Gasteiger partial charge on any atom is 0.410 e. The van der Waals surface area contributed by atoms with Crippen LogP contribution in [0.3, 0.4) is 0 Å². The normalized spacial score (nSPS) is 12.8. The lowest BCUT2D eigenvalue weighted by Crippen LogP contribution is -2.36. The van der Waals surface area contributed by atoms with Crippen LogP contribution in [0.15, 0.2) is 73.1 Å². The number of carbonyl (C=O) groups excluding carboxylic acids is 2. The van der Waals surface area contributed by atoms with Gasteiger partial charge < -0.3 is 19.5 Å². The molecule has 0 bridgehead atoms. The number of carbonyl (C=O) groups is 2. The van der Waals surface area contributed by atoms with E-state index in [1.807, 2.05) is 73.0 Å². The predicted molar refractivity (Wildman–Crippen MR) is 139 cm³/mol. The molecule has 9 heteroatoms. The third-order valence-corrected chi connectivity index (χ3v) is 6.29. The average Bonchev–Trinajstić information content (AvgIpc) is 3.42. The predicted octanol–water partition coefficient (Wildman–Crippen LogP) is 4.87. The quantitative estimate of drug-likeness (QED) is 0.409. The molecule has 0 atom stereocenters. The van der Waals surface area contributed by atoms with Crippen LogP contribution in [0.1, 0.15) is 46.9 Å². The Balaban J connectivity index is 1.26. The summed E-state index contributed by atoms with van der Waals surface area (Å²) in [5.74, 6) is 0.783. The first-order chi connectivity index (χ1) is 18.0. The standard InChI is InChI=1S/C28H28N6O3/c1-19(2)34-18-29-32-26(34)24-9-6-10-25(30-24)31-27(35)22-12-11-21-13-14-33(16-23(21)15-22)28(36)37-17-20-7-4-3-5-8-20/h3-12,15,18-19H,13-14,16-17H2,1-2H3,(H,30,31,35). The van der Waals surface area contributed by atoms with Crippen LogP contribution in [0, 0.1) is 0 Å². The van der Waals surface area contributed by atoms with Crippen molar-refractivity contribution in [3.8, 4) is 11.5 Å². The van der Waals surface area contributed by atoms with E-state index in [0.717, 1.165) is 16.7 Å². The third-order valence-electron chi connectivity index (χ3n) is 6.29. The number of benzene rings is 2. The van der Waals surface area contributed by atoms with Crippen molar-refractivity contribution in [3.05, 3.63) is 95.3 Å². The molecule has 188 valence electrons. The molecule has 0 saturated carbocycles. The summed E-state index contributed by atoms with van der Waals surface area (Å²) < 4.78 is 7.42. The van der Waals surface area contributed by atoms with Gasteiger partial charge in [-0.25, -0.2) is 9.78 Å². The number of aromatic nitrogens is 4. The summed E-state index contributed by atoms with van der Waals surface area (Å²) >= 11 is 0. The Morgan fingerprint density at radius 3 is 2.68 bits per heavy atom. The van der Waals surface area contributed by atoms with E-state index in [9.17, 15) is 9.59 Å². The fraction of sp³-hybridized carbons (Fsp3) is 0.250. The van der Waals surface area contributed by atoms with Crippen molar-refractivity contribution in [2.24, 2.45) is 0 Å². The van der Waals surface area contributed by atoms with Gasteiger partial charge in [-0.1, -0.05) is 42.5 Å². The van der Waals surface area contributed by atoms with Crippen molar-refractivity contribution in [3.63, 3.8) is 0 Å². The number of nitrogens with one attached hydrogen (secondary N) is 1. The van der Waals surface area contributed by atoms with Crippen LogP contribution >= 0.6 is 0 Å². The Labute approximate surface area is 215 Å². The zero-order valence-corrected chi connectivity index (χ0v) is 20.8. The first kappa shape index (κ1) is 24.2. The molecule has 4 aromatic rings. The first-order valence-corrected chi connectivity index (χ1v) is 12.2. The van der Waals surface area contributed by atoms with Crippen LogP contribution in [0.4, 0.5) is 10.6 Å². The summed E-state index contributed by atoms with van der Waals surface area (Å²) in [4.78, 5) is 31.9. The van der Waals surface area contributed by atoms with Crippen LogP contribution in [0.2, 0.25) is 0 Å². The second-order valence-electron chi connectivity index (χ2n) is 9.21. The molecular weight excluding hydrogens is 468 g/mol. The van der Waals surface area contributed by atoms with Gasteiger partial charge in [0.05, 0.1) is 0 Å². The highest BCUT2D eigenvalue weighted by molar-refractivity contribution is 6.04. The number of fused-ring (bicyclic) bond motifs is 1. The Kier molecular flexibility index (Phi) is 6.93. The molecule has 5 rings (SSSR count). The monoisotopic (exact) mass is 496 g/mol. The molecule has 2 aromatic heterocycles. The van der Waals surface area contributed by atoms with Gasteiger partial charge in [-0.3, -0.25) is 4.79 Å². The molecule has 2 amide bonds. The number of pyridine rings is 1. The summed E-state index contributed by atoms with van der Waals surface area (Å²) in [5.41, 5.74) is 4.11. The summed E-state index contributed by atoms with van der Waals surface area (Å²) in [6.07, 6.45) is 2.01. The molecule has 9 nitrogen and oxygen atoms in total. The second kappa shape index (κ2) is 10.6. The number of amides is 2. The minimum atomic E-state index is -0.361. The lowest BCUT2D eigenvalue weighted by atomic mass is 9.97. The first-order valence-electron chi connectivity index (χ1n) is 12.2. The third kappa shape index (κ3) is 5.50. The van der Waals surface area contributed by atoms with E-state index in [-0.39, 0.29) is 24.6 Å². The Bertz CT molecular complexity index is 1420. The molecule has 0 fully saturated rings. The van der Waals surface area contributed by atoms with Crippen LogP contribution < -0.4 is 5.32 Å². The number of anilines is 1. The maximum absolute atomic E-state index is 13.1. The van der Waals surface area contributed by atoms with Gasteiger partial charge >= 0.3 is 6.09 Å². The van der Waals surface area contributed by atoms with E-state index >= 15 is 0 Å². The smallest absolute Gasteiger partial charge is 0.410 e. The van der Waals surface area contributed by atoms with E-state index in [4.69, 9.17) is 4.74 Å². The van der Waals surface area contributed by atoms with Crippen LogP contribution in [-0.2, 0) is 24.3 Å². The lowest BCUT2D eigenvalue weighted by Gasteiger charge is -2.28. The molecule has 0 spiro atoms. The Morgan fingerprint density at radius 1 is 1.03 bits per heavy atom. The molecule has 1 N–H and O–H groups in total. The molecule has 37 heavy (non-hydrogen) atoms. The van der Waals surface area contributed by atoms with E-state index < -0.39 is 0 Å². The van der Waals surface area contributed by atoms with Crippen molar-refractivity contribution < 1.29 is 14.3 Å². The van der Waals surface area contributed by atoms with E-state index in [1.165, 1.54) is 0 Å². The van der Waals surface area contributed by atoms with Gasteiger partial charge in [0.1, 0.15) is 24.4 Å². The van der Waals surface area contributed by atoms with Crippen molar-refractivity contribution in [2.75, 3.05) is 11.9 Å². The van der Waals surface area contributed by atoms with Gasteiger partial charge in [0.25, 0.3) is 5.91 Å². The van der Waals surface area contributed by atoms with E-state index in [1.54, 1.807) is 23.4 Å². The molecule has 0 radical (unpaired) electrons. The minimum Gasteiger partial charge on any atom is -0.445 e. The van der Waals surface area contributed by atoms with Gasteiger partial charge in [-0.2, -0.15) is 0 Å². The van der Waals surface area contributed by atoms with Gasteiger partial charge in [0.2, 0.25) is 0 Å². The topological polar surface area (TPSA) is 102 Å². The minimum absolute atomic E-state index is 0.177. The molecular formula is C28H28N6O3. The van der Waals surface area contributed by atoms with Gasteiger partial charge in [-0.15, -0.1) is 10.2 Å². The molecule has 0 saturated heterocycles. The summed E-state index contributed by atoms with van der Waals surface area (Å²) in [7, 11) is 0. The SMILES string of the molecule is CC(C)n1cnnc1-c1cccc(NC(=O)c2ccc3c(c2)CN(C(=O)OCc2ccccc2)CC3)n1. The van der Waals surface area contributed by atoms with E-state index in [2.05, 4.69) is 20.5 Å². The van der Waals surface area contributed by atoms with Crippen LogP contribution in [-0.4, -0.2) is 43.2 Å². The highest BCUT2D eigenvalue weighted by Gasteiger charge is 2.23. The molecule has 3 heterocycles. The zero-order valence-electron chi connectivity index (χ0n) is 20.8. The summed E-state index contributed by atoms with van der Waals surface area (Å²) in [6, 6.07) is 20.7. The number of hydrogen-bond donors (Lipinski definition) is 1. The lowest BCUT2D eigenvalue weighted by molar-refractivity contribution is 0.0918. The highest BCUT2D eigenvalue weighted by atomic mass is 16.6. The summed E-state index contributed by atoms with van der Waals surface area (Å²) in [6.45, 7) is 5.27. The Morgan fingerprint density at radius 2 is 1.86 bits per heavy atom. The zero-order chi connectivity index (χ0) is 25.8. The van der Waals surface area contributed by atoms with Gasteiger partial charge in [0.15, 0.2) is 5.82 Å². The number of nitrogens with zero attached hydrogens (tertiary/aromatic N) is 5. The maximum atomic E-state index is 13.1. The summed E-state index contributed by atoms with van der Waals surface area (Å²) in [5, 5.41) is 11.1. The van der Waals surface area contributed by atoms with Crippen molar-refractivity contribution in [1.29, 1.82) is 0 Å². The fourth-order valence-electron chi connectivity index (χ4n) is 4.29. The van der Waals surface area contributed by atoms with Gasteiger partial charge in [0, 0.05) is 24.7 Å². The number of ether oxygens (including phenoxy) is 1. The molecule has 0 aliphatic carbocycles.